The number of halogens is 1. The third-order valence-electron chi connectivity index (χ3n) is 3.18. The fourth-order valence-electron chi connectivity index (χ4n) is 2.31. The molecule has 21 heavy (non-hydrogen) atoms. The smallest absolute Gasteiger partial charge is 0.175 e. The maximum absolute atomic E-state index is 5.41. The van der Waals surface area contributed by atoms with Crippen LogP contribution < -0.4 is 10.6 Å². The van der Waals surface area contributed by atoms with Gasteiger partial charge in [-0.2, -0.15) is 0 Å². The zero-order chi connectivity index (χ0) is 15.4. The highest BCUT2D eigenvalue weighted by molar-refractivity contribution is 9.10. The molecule has 4 heteroatoms. The summed E-state index contributed by atoms with van der Waals surface area (Å²) in [6.07, 6.45) is 0.952. The van der Waals surface area contributed by atoms with Gasteiger partial charge in [-0.3, -0.25) is 0 Å². The number of rotatable bonds is 3. The van der Waals surface area contributed by atoms with Crippen molar-refractivity contribution in [2.75, 3.05) is 10.6 Å². The van der Waals surface area contributed by atoms with Gasteiger partial charge in [0.1, 0.15) is 0 Å². The van der Waals surface area contributed by atoms with Gasteiger partial charge in [-0.05, 0) is 79.5 Å². The summed E-state index contributed by atoms with van der Waals surface area (Å²) in [5, 5.41) is 7.13. The van der Waals surface area contributed by atoms with Crippen LogP contribution in [0.4, 0.5) is 11.4 Å². The van der Waals surface area contributed by atoms with Crippen LogP contribution in [0.3, 0.4) is 0 Å². The van der Waals surface area contributed by atoms with E-state index in [0.717, 1.165) is 22.3 Å². The SMILES string of the molecule is CCc1cc(Br)ccc1NC(=S)Nc1cc(C)cc(C)c1. The fourth-order valence-corrected chi connectivity index (χ4v) is 2.94. The van der Waals surface area contributed by atoms with Gasteiger partial charge in [0.2, 0.25) is 0 Å². The van der Waals surface area contributed by atoms with E-state index in [2.05, 4.69) is 71.6 Å². The van der Waals surface area contributed by atoms with E-state index in [1.165, 1.54) is 16.7 Å². The first-order valence-electron chi connectivity index (χ1n) is 6.92. The Balaban J connectivity index is 2.11. The van der Waals surface area contributed by atoms with Gasteiger partial charge in [0.15, 0.2) is 5.11 Å². The second kappa shape index (κ2) is 7.05. The Morgan fingerprint density at radius 2 is 1.71 bits per heavy atom. The van der Waals surface area contributed by atoms with Crippen molar-refractivity contribution < 1.29 is 0 Å². The second-order valence-electron chi connectivity index (χ2n) is 5.11. The van der Waals surface area contributed by atoms with Crippen molar-refractivity contribution in [1.82, 2.24) is 0 Å². The summed E-state index contributed by atoms with van der Waals surface area (Å²) in [5.74, 6) is 0. The molecule has 2 aromatic rings. The summed E-state index contributed by atoms with van der Waals surface area (Å²) in [4.78, 5) is 0. The standard InChI is InChI=1S/C17H19BrN2S/c1-4-13-10-14(18)5-6-16(13)20-17(21)19-15-8-11(2)7-12(3)9-15/h5-10H,4H2,1-3H3,(H2,19,20,21). The van der Waals surface area contributed by atoms with Gasteiger partial charge in [0, 0.05) is 15.8 Å². The van der Waals surface area contributed by atoms with E-state index in [1.807, 2.05) is 12.1 Å². The molecule has 0 saturated carbocycles. The number of anilines is 2. The molecule has 2 N–H and O–H groups in total. The van der Waals surface area contributed by atoms with Crippen LogP contribution in [0.5, 0.6) is 0 Å². The highest BCUT2D eigenvalue weighted by Crippen LogP contribution is 2.22. The first kappa shape index (κ1) is 16.0. The van der Waals surface area contributed by atoms with E-state index in [9.17, 15) is 0 Å². The minimum Gasteiger partial charge on any atom is -0.332 e. The average molecular weight is 363 g/mol. The Morgan fingerprint density at radius 1 is 1.05 bits per heavy atom. The van der Waals surface area contributed by atoms with Gasteiger partial charge in [0.25, 0.3) is 0 Å². The lowest BCUT2D eigenvalue weighted by Crippen LogP contribution is -2.20. The van der Waals surface area contributed by atoms with Crippen LogP contribution in [0, 0.1) is 13.8 Å². The molecule has 0 aliphatic heterocycles. The van der Waals surface area contributed by atoms with Crippen LogP contribution in [0.2, 0.25) is 0 Å². The van der Waals surface area contributed by atoms with Gasteiger partial charge in [-0.25, -0.2) is 0 Å². The lowest BCUT2D eigenvalue weighted by Gasteiger charge is -2.14. The highest BCUT2D eigenvalue weighted by atomic mass is 79.9. The molecule has 0 radical (unpaired) electrons. The van der Waals surface area contributed by atoms with E-state index >= 15 is 0 Å². The van der Waals surface area contributed by atoms with Crippen molar-refractivity contribution in [3.8, 4) is 0 Å². The van der Waals surface area contributed by atoms with Gasteiger partial charge < -0.3 is 10.6 Å². The monoisotopic (exact) mass is 362 g/mol. The van der Waals surface area contributed by atoms with Crippen molar-refractivity contribution in [2.24, 2.45) is 0 Å². The summed E-state index contributed by atoms with van der Waals surface area (Å²) in [6.45, 7) is 6.30. The molecule has 0 unspecified atom stereocenters. The Bertz CT molecular complexity index is 648. The van der Waals surface area contributed by atoms with Crippen molar-refractivity contribution >= 4 is 44.6 Å². The number of aryl methyl sites for hydroxylation is 3. The molecule has 0 saturated heterocycles. The van der Waals surface area contributed by atoms with E-state index in [-0.39, 0.29) is 0 Å². The molecule has 0 aromatic heterocycles. The molecule has 0 atom stereocenters. The molecule has 0 amide bonds. The van der Waals surface area contributed by atoms with Crippen molar-refractivity contribution in [3.05, 3.63) is 57.6 Å². The van der Waals surface area contributed by atoms with E-state index < -0.39 is 0 Å². The molecular weight excluding hydrogens is 344 g/mol. The third-order valence-corrected chi connectivity index (χ3v) is 3.87. The molecule has 0 spiro atoms. The molecule has 0 bridgehead atoms. The number of nitrogens with one attached hydrogen (secondary N) is 2. The number of benzene rings is 2. The fraction of sp³-hybridized carbons (Fsp3) is 0.235. The number of thiocarbonyl (C=S) groups is 1. The summed E-state index contributed by atoms with van der Waals surface area (Å²) in [7, 11) is 0. The van der Waals surface area contributed by atoms with Gasteiger partial charge in [-0.15, -0.1) is 0 Å². The van der Waals surface area contributed by atoms with Crippen molar-refractivity contribution in [3.63, 3.8) is 0 Å². The predicted molar refractivity (Wildman–Crippen MR) is 99.3 cm³/mol. The van der Waals surface area contributed by atoms with Crippen LogP contribution in [0.15, 0.2) is 40.9 Å². The molecule has 2 rings (SSSR count). The molecule has 0 heterocycles. The maximum Gasteiger partial charge on any atom is 0.175 e. The van der Waals surface area contributed by atoms with Crippen LogP contribution in [0.1, 0.15) is 23.6 Å². The topological polar surface area (TPSA) is 24.1 Å². The minimum absolute atomic E-state index is 0.608. The van der Waals surface area contributed by atoms with Gasteiger partial charge in [-0.1, -0.05) is 28.9 Å². The second-order valence-corrected chi connectivity index (χ2v) is 6.43. The molecule has 0 fully saturated rings. The van der Waals surface area contributed by atoms with Crippen LogP contribution in [-0.2, 0) is 6.42 Å². The Hall–Kier alpha value is -1.39. The predicted octanol–water partition coefficient (Wildman–Crippen LogP) is 5.44. The Morgan fingerprint density at radius 3 is 2.33 bits per heavy atom. The quantitative estimate of drug-likeness (QED) is 0.711. The normalized spacial score (nSPS) is 10.3. The Labute approximate surface area is 140 Å². The molecule has 2 aromatic carbocycles. The zero-order valence-corrected chi connectivity index (χ0v) is 14.9. The van der Waals surface area contributed by atoms with E-state index in [0.29, 0.717) is 5.11 Å². The van der Waals surface area contributed by atoms with Gasteiger partial charge in [0.05, 0.1) is 0 Å². The molecule has 2 nitrogen and oxygen atoms in total. The zero-order valence-electron chi connectivity index (χ0n) is 12.5. The Kier molecular flexibility index (Phi) is 5.37. The van der Waals surface area contributed by atoms with E-state index in [1.54, 1.807) is 0 Å². The first-order chi connectivity index (χ1) is 9.97. The summed E-state index contributed by atoms with van der Waals surface area (Å²) >= 11 is 8.91. The average Bonchev–Trinajstić information content (AvgIpc) is 2.39. The maximum atomic E-state index is 5.41. The largest absolute Gasteiger partial charge is 0.332 e. The van der Waals surface area contributed by atoms with Crippen molar-refractivity contribution in [1.29, 1.82) is 0 Å². The van der Waals surface area contributed by atoms with Crippen LogP contribution >= 0.6 is 28.1 Å². The summed E-state index contributed by atoms with van der Waals surface area (Å²) in [6, 6.07) is 12.5. The lowest BCUT2D eigenvalue weighted by atomic mass is 10.1. The highest BCUT2D eigenvalue weighted by Gasteiger charge is 2.05. The third kappa shape index (κ3) is 4.55. The van der Waals surface area contributed by atoms with Crippen molar-refractivity contribution in [2.45, 2.75) is 27.2 Å². The minimum atomic E-state index is 0.608. The summed E-state index contributed by atoms with van der Waals surface area (Å²) < 4.78 is 1.08. The number of hydrogen-bond donors (Lipinski definition) is 2. The van der Waals surface area contributed by atoms with Crippen LogP contribution in [-0.4, -0.2) is 5.11 Å². The number of hydrogen-bond acceptors (Lipinski definition) is 1. The van der Waals surface area contributed by atoms with E-state index in [4.69, 9.17) is 12.2 Å². The molecule has 0 aliphatic rings. The van der Waals surface area contributed by atoms with Gasteiger partial charge >= 0.3 is 0 Å². The summed E-state index contributed by atoms with van der Waals surface area (Å²) in [5.41, 5.74) is 5.73. The molecule has 0 aliphatic carbocycles. The lowest BCUT2D eigenvalue weighted by molar-refractivity contribution is 1.14. The first-order valence-corrected chi connectivity index (χ1v) is 8.13. The molecule has 110 valence electrons. The molecular formula is C17H19BrN2S. The van der Waals surface area contributed by atoms with Crippen LogP contribution in [0.25, 0.3) is 0 Å².